The highest BCUT2D eigenvalue weighted by molar-refractivity contribution is 5.96. The molecule has 200 valence electrons. The van der Waals surface area contributed by atoms with Crippen LogP contribution < -0.4 is 10.5 Å². The molecule has 0 amide bonds. The predicted octanol–water partition coefficient (Wildman–Crippen LogP) is 6.19. The van der Waals surface area contributed by atoms with Crippen LogP contribution in [0.3, 0.4) is 0 Å². The number of benzene rings is 3. The van der Waals surface area contributed by atoms with Gasteiger partial charge in [0, 0.05) is 61.5 Å². The Morgan fingerprint density at radius 1 is 1.03 bits per heavy atom. The van der Waals surface area contributed by atoms with Crippen LogP contribution in [-0.4, -0.2) is 30.9 Å². The van der Waals surface area contributed by atoms with E-state index in [4.69, 9.17) is 19.9 Å². The van der Waals surface area contributed by atoms with Crippen molar-refractivity contribution >= 4 is 16.9 Å². The van der Waals surface area contributed by atoms with E-state index in [0.717, 1.165) is 33.2 Å². The summed E-state index contributed by atoms with van der Waals surface area (Å²) in [6.45, 7) is 5.75. The molecule has 0 spiro atoms. The highest BCUT2D eigenvalue weighted by Gasteiger charge is 2.15. The van der Waals surface area contributed by atoms with Crippen molar-refractivity contribution in [3.63, 3.8) is 0 Å². The van der Waals surface area contributed by atoms with E-state index in [2.05, 4.69) is 54.9 Å². The van der Waals surface area contributed by atoms with Crippen LogP contribution in [0, 0.1) is 5.82 Å². The average molecular weight is 519 g/mol. The van der Waals surface area contributed by atoms with Gasteiger partial charge in [-0.2, -0.15) is 0 Å². The Hall–Kier alpha value is -3.68. The Bertz CT molecular complexity index is 1400. The SMILES string of the molecule is COCCCOC(=O)Cc1ccc(F)cc1OCc1cc(-c2cccc(CN)c2)c2ccn(C(C)C)c2c1. The van der Waals surface area contributed by atoms with E-state index in [-0.39, 0.29) is 25.7 Å². The number of nitrogens with two attached hydrogens (primary N) is 1. The highest BCUT2D eigenvalue weighted by Crippen LogP contribution is 2.33. The molecule has 0 saturated carbocycles. The molecule has 0 aliphatic rings. The van der Waals surface area contributed by atoms with Crippen molar-refractivity contribution in [1.82, 2.24) is 4.57 Å². The van der Waals surface area contributed by atoms with Crippen molar-refractivity contribution in [2.24, 2.45) is 5.73 Å². The van der Waals surface area contributed by atoms with E-state index in [9.17, 15) is 9.18 Å². The largest absolute Gasteiger partial charge is 0.488 e. The van der Waals surface area contributed by atoms with Crippen LogP contribution in [0.1, 0.15) is 43.0 Å². The Labute approximate surface area is 223 Å². The number of hydrogen-bond acceptors (Lipinski definition) is 5. The summed E-state index contributed by atoms with van der Waals surface area (Å²) >= 11 is 0. The van der Waals surface area contributed by atoms with Crippen molar-refractivity contribution in [3.05, 3.63) is 89.4 Å². The van der Waals surface area contributed by atoms with Crippen LogP contribution >= 0.6 is 0 Å². The molecule has 3 aromatic carbocycles. The van der Waals surface area contributed by atoms with Gasteiger partial charge in [0.15, 0.2) is 0 Å². The first-order valence-electron chi connectivity index (χ1n) is 12.9. The van der Waals surface area contributed by atoms with Crippen LogP contribution in [0.5, 0.6) is 5.75 Å². The van der Waals surface area contributed by atoms with E-state index in [1.165, 1.54) is 12.1 Å². The third-order valence-electron chi connectivity index (χ3n) is 6.44. The number of nitrogens with zero attached hydrogens (tertiary/aromatic N) is 1. The summed E-state index contributed by atoms with van der Waals surface area (Å²) in [5.74, 6) is -0.499. The molecule has 1 aromatic heterocycles. The van der Waals surface area contributed by atoms with Crippen molar-refractivity contribution < 1.29 is 23.4 Å². The molecule has 1 heterocycles. The molecule has 38 heavy (non-hydrogen) atoms. The minimum Gasteiger partial charge on any atom is -0.488 e. The zero-order chi connectivity index (χ0) is 27.1. The average Bonchev–Trinajstić information content (AvgIpc) is 3.35. The normalized spacial score (nSPS) is 11.3. The van der Waals surface area contributed by atoms with Crippen molar-refractivity contribution in [1.29, 1.82) is 0 Å². The number of hydrogen-bond donors (Lipinski definition) is 1. The van der Waals surface area contributed by atoms with E-state index in [0.29, 0.717) is 30.9 Å². The summed E-state index contributed by atoms with van der Waals surface area (Å²) in [5.41, 5.74) is 11.7. The van der Waals surface area contributed by atoms with E-state index in [1.807, 2.05) is 12.1 Å². The summed E-state index contributed by atoms with van der Waals surface area (Å²) in [6, 6.07) is 19.0. The third-order valence-corrected chi connectivity index (χ3v) is 6.44. The number of halogens is 1. The maximum absolute atomic E-state index is 14.1. The summed E-state index contributed by atoms with van der Waals surface area (Å²) in [7, 11) is 1.60. The smallest absolute Gasteiger partial charge is 0.310 e. The number of rotatable bonds is 12. The highest BCUT2D eigenvalue weighted by atomic mass is 19.1. The fourth-order valence-corrected chi connectivity index (χ4v) is 4.52. The van der Waals surface area contributed by atoms with Crippen molar-refractivity contribution in [2.75, 3.05) is 20.3 Å². The Morgan fingerprint density at radius 3 is 2.63 bits per heavy atom. The van der Waals surface area contributed by atoms with Gasteiger partial charge >= 0.3 is 5.97 Å². The van der Waals surface area contributed by atoms with Crippen LogP contribution in [-0.2, 0) is 33.8 Å². The summed E-state index contributed by atoms with van der Waals surface area (Å²) < 4.78 is 32.7. The van der Waals surface area contributed by atoms with Gasteiger partial charge in [0.25, 0.3) is 0 Å². The van der Waals surface area contributed by atoms with Crippen molar-refractivity contribution in [2.45, 2.75) is 45.9 Å². The molecular weight excluding hydrogens is 483 g/mol. The zero-order valence-corrected chi connectivity index (χ0v) is 22.2. The number of esters is 1. The lowest BCUT2D eigenvalue weighted by atomic mass is 9.97. The van der Waals surface area contributed by atoms with Crippen LogP contribution in [0.2, 0.25) is 0 Å². The van der Waals surface area contributed by atoms with Crippen LogP contribution in [0.25, 0.3) is 22.0 Å². The molecule has 4 rings (SSSR count). The molecule has 7 heteroatoms. The molecule has 2 N–H and O–H groups in total. The first-order valence-corrected chi connectivity index (χ1v) is 12.9. The number of fused-ring (bicyclic) bond motifs is 1. The second kappa shape index (κ2) is 12.7. The Kier molecular flexibility index (Phi) is 9.15. The van der Waals surface area contributed by atoms with Gasteiger partial charge in [-0.3, -0.25) is 4.79 Å². The minimum absolute atomic E-state index is 0.00500. The first kappa shape index (κ1) is 27.4. The minimum atomic E-state index is -0.430. The van der Waals surface area contributed by atoms with Crippen molar-refractivity contribution in [3.8, 4) is 16.9 Å². The maximum atomic E-state index is 14.1. The van der Waals surface area contributed by atoms with Gasteiger partial charge in [0.2, 0.25) is 0 Å². The standard InChI is InChI=1S/C31H35FN2O4/c1-21(2)34-11-10-27-28(24-7-4-6-22(14-24)19-33)15-23(16-29(27)34)20-38-30-18-26(32)9-8-25(30)17-31(35)37-13-5-12-36-3/h4,6-11,14-16,18,21H,5,12-13,17,19-20,33H2,1-3H3. The molecule has 0 saturated heterocycles. The molecular formula is C31H35FN2O4. The lowest BCUT2D eigenvalue weighted by molar-refractivity contribution is -0.143. The van der Waals surface area contributed by atoms with Crippen LogP contribution in [0.15, 0.2) is 66.9 Å². The number of ether oxygens (including phenoxy) is 3. The molecule has 0 atom stereocenters. The fourth-order valence-electron chi connectivity index (χ4n) is 4.52. The number of methoxy groups -OCH3 is 1. The maximum Gasteiger partial charge on any atom is 0.310 e. The topological polar surface area (TPSA) is 75.7 Å². The molecule has 0 unspecified atom stereocenters. The van der Waals surface area contributed by atoms with Gasteiger partial charge in [-0.1, -0.05) is 24.3 Å². The monoisotopic (exact) mass is 518 g/mol. The lowest BCUT2D eigenvalue weighted by Crippen LogP contribution is -2.11. The number of carbonyl (C=O) groups is 1. The number of aromatic nitrogens is 1. The Morgan fingerprint density at radius 2 is 1.87 bits per heavy atom. The van der Waals surface area contributed by atoms with Gasteiger partial charge in [0.1, 0.15) is 18.2 Å². The summed E-state index contributed by atoms with van der Waals surface area (Å²) in [6.07, 6.45) is 2.71. The van der Waals surface area contributed by atoms with E-state index < -0.39 is 11.8 Å². The Balaban J connectivity index is 1.62. The van der Waals surface area contributed by atoms with E-state index >= 15 is 0 Å². The summed E-state index contributed by atoms with van der Waals surface area (Å²) in [5, 5.41) is 1.14. The first-order chi connectivity index (χ1) is 18.4. The van der Waals surface area contributed by atoms with Gasteiger partial charge in [-0.25, -0.2) is 4.39 Å². The van der Waals surface area contributed by atoms with Gasteiger partial charge in [0.05, 0.1) is 13.0 Å². The van der Waals surface area contributed by atoms with Gasteiger partial charge in [-0.05, 0) is 66.4 Å². The molecule has 0 fully saturated rings. The fraction of sp³-hybridized carbons (Fsp3) is 0.323. The van der Waals surface area contributed by atoms with E-state index in [1.54, 1.807) is 13.2 Å². The second-order valence-electron chi connectivity index (χ2n) is 9.58. The predicted molar refractivity (Wildman–Crippen MR) is 148 cm³/mol. The van der Waals surface area contributed by atoms with Gasteiger partial charge < -0.3 is 24.5 Å². The molecule has 4 aromatic rings. The third kappa shape index (κ3) is 6.60. The molecule has 6 nitrogen and oxygen atoms in total. The lowest BCUT2D eigenvalue weighted by Gasteiger charge is -2.15. The van der Waals surface area contributed by atoms with Crippen LogP contribution in [0.4, 0.5) is 4.39 Å². The molecule has 0 aliphatic heterocycles. The summed E-state index contributed by atoms with van der Waals surface area (Å²) in [4.78, 5) is 12.3. The molecule has 0 radical (unpaired) electrons. The second-order valence-corrected chi connectivity index (χ2v) is 9.58. The zero-order valence-electron chi connectivity index (χ0n) is 22.2. The molecule has 0 bridgehead atoms. The molecule has 0 aliphatic carbocycles. The quantitative estimate of drug-likeness (QED) is 0.179. The number of carbonyl (C=O) groups excluding carboxylic acids is 1. The van der Waals surface area contributed by atoms with Gasteiger partial charge in [-0.15, -0.1) is 0 Å².